The van der Waals surface area contributed by atoms with E-state index in [1.807, 2.05) is 0 Å². The van der Waals surface area contributed by atoms with Gasteiger partial charge in [0.05, 0.1) is 31.0 Å². The molecule has 0 aromatic heterocycles. The first-order chi connectivity index (χ1) is 25.6. The molecule has 0 radical (unpaired) electrons. The summed E-state index contributed by atoms with van der Waals surface area (Å²) in [5.74, 6) is 0.365. The number of hydrogen-bond acceptors (Lipinski definition) is 13. The third kappa shape index (κ3) is 7.10. The Bertz CT molecular complexity index is 1370. The molecule has 6 fully saturated rings. The second-order valence-corrected chi connectivity index (χ2v) is 20.1. The van der Waals surface area contributed by atoms with E-state index in [9.17, 15) is 46.0 Å². The summed E-state index contributed by atoms with van der Waals surface area (Å²) >= 11 is 0. The van der Waals surface area contributed by atoms with Gasteiger partial charge in [0, 0.05) is 0 Å². The van der Waals surface area contributed by atoms with E-state index in [2.05, 4.69) is 61.5 Å². The largest absolute Gasteiger partial charge is 0.394 e. The SMILES string of the molecule is CC(C)=CCC[C@](C)(O[C@@H]1O[C@H](CO)[C@@H](O)[C@H](O)[C@H]1O)[C@H]1CC[C@]2(C)[C@@H]1CC[C@@H]1[C@@]3(C)CC[C@H](O)C(C)(C)[C@@H]3[C@@H](O[C@@H]3O[C@H](CO)[C@@H](O)[C@H](O)[C@H]3O)C[C@]12C. The normalized spacial score (nSPS) is 52.0. The highest BCUT2D eigenvalue weighted by Gasteiger charge is 2.72. The van der Waals surface area contributed by atoms with Crippen molar-refractivity contribution in [1.82, 2.24) is 0 Å². The maximum absolute atomic E-state index is 11.5. The molecule has 6 aliphatic rings. The van der Waals surface area contributed by atoms with Crippen LogP contribution in [0.4, 0.5) is 0 Å². The van der Waals surface area contributed by atoms with Gasteiger partial charge in [0.15, 0.2) is 12.6 Å². The Hall–Kier alpha value is -0.780. The fourth-order valence-electron chi connectivity index (χ4n) is 13.5. The number of rotatable bonds is 10. The lowest BCUT2D eigenvalue weighted by atomic mass is 9.35. The molecule has 2 aliphatic heterocycles. The highest BCUT2D eigenvalue weighted by atomic mass is 16.7. The first kappa shape index (κ1) is 43.8. The van der Waals surface area contributed by atoms with Crippen LogP contribution in [0.3, 0.4) is 0 Å². The predicted molar refractivity (Wildman–Crippen MR) is 201 cm³/mol. The molecule has 6 rings (SSSR count). The quantitative estimate of drug-likeness (QED) is 0.115. The third-order valence-electron chi connectivity index (χ3n) is 16.6. The van der Waals surface area contributed by atoms with Crippen LogP contribution in [-0.4, -0.2) is 138 Å². The molecule has 318 valence electrons. The lowest BCUT2D eigenvalue weighted by Crippen LogP contribution is -2.69. The van der Waals surface area contributed by atoms with E-state index in [1.54, 1.807) is 0 Å². The van der Waals surface area contributed by atoms with Crippen LogP contribution in [-0.2, 0) is 18.9 Å². The molecule has 9 N–H and O–H groups in total. The molecule has 13 heteroatoms. The van der Waals surface area contributed by atoms with Crippen LogP contribution < -0.4 is 0 Å². The van der Waals surface area contributed by atoms with Gasteiger partial charge in [-0.3, -0.25) is 0 Å². The fourth-order valence-corrected chi connectivity index (χ4v) is 13.5. The van der Waals surface area contributed by atoms with Crippen LogP contribution in [0.2, 0.25) is 0 Å². The van der Waals surface area contributed by atoms with Crippen molar-refractivity contribution in [3.05, 3.63) is 11.6 Å². The second kappa shape index (κ2) is 15.7. The highest BCUT2D eigenvalue weighted by Crippen LogP contribution is 2.76. The molecule has 2 heterocycles. The van der Waals surface area contributed by atoms with Gasteiger partial charge < -0.3 is 64.9 Å². The van der Waals surface area contributed by atoms with Crippen LogP contribution in [0.1, 0.15) is 113 Å². The molecule has 0 aromatic carbocycles. The summed E-state index contributed by atoms with van der Waals surface area (Å²) in [6.07, 6.45) is -5.77. The summed E-state index contributed by atoms with van der Waals surface area (Å²) in [6, 6.07) is 0. The van der Waals surface area contributed by atoms with E-state index < -0.39 is 97.8 Å². The summed E-state index contributed by atoms with van der Waals surface area (Å²) in [4.78, 5) is 0. The molecule has 13 nitrogen and oxygen atoms in total. The Labute approximate surface area is 327 Å². The lowest BCUT2D eigenvalue weighted by Gasteiger charge is -2.71. The van der Waals surface area contributed by atoms with Gasteiger partial charge in [0.2, 0.25) is 0 Å². The second-order valence-electron chi connectivity index (χ2n) is 20.1. The summed E-state index contributed by atoms with van der Waals surface area (Å²) in [7, 11) is 0. The molecule has 0 unspecified atom stereocenters. The van der Waals surface area contributed by atoms with Crippen molar-refractivity contribution in [1.29, 1.82) is 0 Å². The Morgan fingerprint density at radius 2 is 1.31 bits per heavy atom. The van der Waals surface area contributed by atoms with Gasteiger partial charge in [-0.05, 0) is 124 Å². The van der Waals surface area contributed by atoms with Gasteiger partial charge in [-0.25, -0.2) is 0 Å². The van der Waals surface area contributed by atoms with Crippen molar-refractivity contribution >= 4 is 0 Å². The molecule has 0 amide bonds. The zero-order chi connectivity index (χ0) is 40.6. The van der Waals surface area contributed by atoms with Crippen molar-refractivity contribution in [3.63, 3.8) is 0 Å². The minimum absolute atomic E-state index is 0.0353. The Kier molecular flexibility index (Phi) is 12.5. The first-order valence-electron chi connectivity index (χ1n) is 20.9. The van der Waals surface area contributed by atoms with Gasteiger partial charge >= 0.3 is 0 Å². The predicted octanol–water partition coefficient (Wildman–Crippen LogP) is 2.15. The standard InChI is InChI=1S/C42H72O13/c1-21(2)10-9-15-42(8,55-37-34(51)32(49)30(47)26(20-44)54-37)23-13-17-40(6)22(23)11-12-27-39(5)16-14-28(45)38(3,4)35(39)24(18-41(27,40)7)52-36-33(50)31(48)29(46)25(19-43)53-36/h10,22-37,43-51H,9,11-20H2,1-8H3/t22-,23+,24+,25-,26-,27-,28+,29-,30-,31+,32+,33-,34-,35+,36-,37+,39-,40-,41-,42+/m1/s1. The van der Waals surface area contributed by atoms with Crippen molar-refractivity contribution < 1.29 is 64.9 Å². The summed E-state index contributed by atoms with van der Waals surface area (Å²) < 4.78 is 25.6. The lowest BCUT2D eigenvalue weighted by molar-refractivity contribution is -0.346. The van der Waals surface area contributed by atoms with Crippen molar-refractivity contribution in [2.75, 3.05) is 13.2 Å². The van der Waals surface area contributed by atoms with Gasteiger partial charge in [0.25, 0.3) is 0 Å². The average molecular weight is 785 g/mol. The van der Waals surface area contributed by atoms with E-state index in [1.165, 1.54) is 5.57 Å². The van der Waals surface area contributed by atoms with Crippen molar-refractivity contribution in [2.45, 2.75) is 192 Å². The molecular formula is C42H72O13. The molecule has 0 spiro atoms. The fraction of sp³-hybridized carbons (Fsp3) is 0.952. The zero-order valence-corrected chi connectivity index (χ0v) is 34.3. The van der Waals surface area contributed by atoms with Crippen LogP contribution in [0.15, 0.2) is 11.6 Å². The summed E-state index contributed by atoms with van der Waals surface area (Å²) in [5.41, 5.74) is -0.962. The summed E-state index contributed by atoms with van der Waals surface area (Å²) in [6.45, 7) is 16.4. The minimum Gasteiger partial charge on any atom is -0.394 e. The van der Waals surface area contributed by atoms with Crippen LogP contribution in [0.25, 0.3) is 0 Å². The monoisotopic (exact) mass is 784 g/mol. The van der Waals surface area contributed by atoms with Gasteiger partial charge in [0.1, 0.15) is 48.8 Å². The number of allylic oxidation sites excluding steroid dienone is 2. The van der Waals surface area contributed by atoms with Crippen LogP contribution >= 0.6 is 0 Å². The van der Waals surface area contributed by atoms with Gasteiger partial charge in [-0.1, -0.05) is 46.3 Å². The molecule has 4 saturated carbocycles. The molecule has 0 aromatic rings. The van der Waals surface area contributed by atoms with E-state index in [0.29, 0.717) is 19.3 Å². The number of aliphatic hydroxyl groups is 9. The summed E-state index contributed by atoms with van der Waals surface area (Å²) in [5, 5.41) is 96.1. The van der Waals surface area contributed by atoms with E-state index in [4.69, 9.17) is 18.9 Å². The molecule has 55 heavy (non-hydrogen) atoms. The van der Waals surface area contributed by atoms with Gasteiger partial charge in [-0.2, -0.15) is 0 Å². The average Bonchev–Trinajstić information content (AvgIpc) is 3.49. The maximum Gasteiger partial charge on any atom is 0.187 e. The maximum atomic E-state index is 11.5. The third-order valence-corrected chi connectivity index (χ3v) is 16.6. The molecule has 4 aliphatic carbocycles. The van der Waals surface area contributed by atoms with Crippen molar-refractivity contribution in [2.24, 2.45) is 45.3 Å². The molecule has 20 atom stereocenters. The molecule has 2 saturated heterocycles. The van der Waals surface area contributed by atoms with E-state index in [0.717, 1.165) is 38.5 Å². The number of hydrogen-bond donors (Lipinski definition) is 9. The van der Waals surface area contributed by atoms with Gasteiger partial charge in [-0.15, -0.1) is 0 Å². The topological polar surface area (TPSA) is 219 Å². The Morgan fingerprint density at radius 3 is 1.89 bits per heavy atom. The Balaban J connectivity index is 1.36. The molecular weight excluding hydrogens is 712 g/mol. The first-order valence-corrected chi connectivity index (χ1v) is 20.9. The Morgan fingerprint density at radius 1 is 0.727 bits per heavy atom. The minimum atomic E-state index is -1.57. The number of ether oxygens (including phenoxy) is 4. The number of aliphatic hydroxyl groups excluding tert-OH is 9. The van der Waals surface area contributed by atoms with Crippen LogP contribution in [0, 0.1) is 45.3 Å². The molecule has 0 bridgehead atoms. The number of fused-ring (bicyclic) bond motifs is 5. The van der Waals surface area contributed by atoms with Crippen LogP contribution in [0.5, 0.6) is 0 Å². The van der Waals surface area contributed by atoms with E-state index >= 15 is 0 Å². The van der Waals surface area contributed by atoms with Crippen molar-refractivity contribution in [3.8, 4) is 0 Å². The zero-order valence-electron chi connectivity index (χ0n) is 34.3. The van der Waals surface area contributed by atoms with E-state index in [-0.39, 0.29) is 39.9 Å². The highest BCUT2D eigenvalue weighted by molar-refractivity contribution is 5.20. The smallest absolute Gasteiger partial charge is 0.187 e.